The zero-order chi connectivity index (χ0) is 17.4. The standard InChI is InChI=1S/C17H17ClN4O3/c1-10-6-13-14(25-9-24-13)7-12(10)20-16(23)15-11(18)8-19-17(21-15)22-4-2-3-5-22/h6-8H,2-5,9H2,1H3,(H,20,23). The first kappa shape index (κ1) is 16.0. The third kappa shape index (κ3) is 3.07. The van der Waals surface area contributed by atoms with E-state index in [9.17, 15) is 4.79 Å². The van der Waals surface area contributed by atoms with Gasteiger partial charge in [0.05, 0.1) is 11.2 Å². The molecule has 7 nitrogen and oxygen atoms in total. The molecule has 25 heavy (non-hydrogen) atoms. The molecule has 0 radical (unpaired) electrons. The lowest BCUT2D eigenvalue weighted by Crippen LogP contribution is -2.23. The summed E-state index contributed by atoms with van der Waals surface area (Å²) in [6, 6.07) is 3.57. The molecule has 4 rings (SSSR count). The number of hydrogen-bond acceptors (Lipinski definition) is 6. The number of amides is 1. The summed E-state index contributed by atoms with van der Waals surface area (Å²) < 4.78 is 10.7. The van der Waals surface area contributed by atoms with E-state index in [1.54, 1.807) is 6.07 Å². The Kier molecular flexibility index (Phi) is 4.09. The fourth-order valence-electron chi connectivity index (χ4n) is 2.95. The summed E-state index contributed by atoms with van der Waals surface area (Å²) >= 11 is 6.15. The Bertz CT molecular complexity index is 837. The lowest BCUT2D eigenvalue weighted by molar-refractivity contribution is 0.102. The van der Waals surface area contributed by atoms with Gasteiger partial charge in [0.2, 0.25) is 12.7 Å². The fraction of sp³-hybridized carbons (Fsp3) is 0.353. The van der Waals surface area contributed by atoms with Crippen molar-refractivity contribution in [1.82, 2.24) is 9.97 Å². The van der Waals surface area contributed by atoms with Crippen LogP contribution in [0.4, 0.5) is 11.6 Å². The number of aryl methyl sites for hydroxylation is 1. The molecule has 1 aromatic heterocycles. The molecule has 130 valence electrons. The maximum atomic E-state index is 12.7. The second-order valence-corrected chi connectivity index (χ2v) is 6.44. The molecule has 0 saturated carbocycles. The van der Waals surface area contributed by atoms with Crippen LogP contribution < -0.4 is 19.7 Å². The zero-order valence-corrected chi connectivity index (χ0v) is 14.5. The summed E-state index contributed by atoms with van der Waals surface area (Å²) in [6.45, 7) is 3.85. The monoisotopic (exact) mass is 360 g/mol. The number of anilines is 2. The van der Waals surface area contributed by atoms with E-state index >= 15 is 0 Å². The topological polar surface area (TPSA) is 76.6 Å². The van der Waals surface area contributed by atoms with E-state index in [1.165, 1.54) is 6.20 Å². The van der Waals surface area contributed by atoms with Crippen LogP contribution in [-0.4, -0.2) is 35.8 Å². The lowest BCUT2D eigenvalue weighted by Gasteiger charge is -2.16. The average Bonchev–Trinajstić information content (AvgIpc) is 3.27. The van der Waals surface area contributed by atoms with Crippen LogP contribution in [-0.2, 0) is 0 Å². The van der Waals surface area contributed by atoms with Crippen LogP contribution >= 0.6 is 11.6 Å². The zero-order valence-electron chi connectivity index (χ0n) is 13.7. The van der Waals surface area contributed by atoms with E-state index in [4.69, 9.17) is 21.1 Å². The quantitative estimate of drug-likeness (QED) is 0.906. The number of nitrogens with zero attached hydrogens (tertiary/aromatic N) is 3. The van der Waals surface area contributed by atoms with E-state index < -0.39 is 0 Å². The number of benzene rings is 1. The summed E-state index contributed by atoms with van der Waals surface area (Å²) in [7, 11) is 0. The Morgan fingerprint density at radius 3 is 2.72 bits per heavy atom. The minimum atomic E-state index is -0.380. The van der Waals surface area contributed by atoms with Crippen molar-refractivity contribution in [3.8, 4) is 11.5 Å². The van der Waals surface area contributed by atoms with Gasteiger partial charge in [0.15, 0.2) is 17.2 Å². The molecule has 0 spiro atoms. The van der Waals surface area contributed by atoms with Crippen molar-refractivity contribution in [2.75, 3.05) is 30.1 Å². The molecule has 0 unspecified atom stereocenters. The van der Waals surface area contributed by atoms with Gasteiger partial charge in [0.1, 0.15) is 0 Å². The van der Waals surface area contributed by atoms with Crippen LogP contribution in [0.1, 0.15) is 28.9 Å². The number of halogens is 1. The van der Waals surface area contributed by atoms with E-state index in [-0.39, 0.29) is 23.4 Å². The summed E-state index contributed by atoms with van der Waals surface area (Å²) in [5.41, 5.74) is 1.66. The van der Waals surface area contributed by atoms with Crippen molar-refractivity contribution in [3.63, 3.8) is 0 Å². The number of aromatic nitrogens is 2. The van der Waals surface area contributed by atoms with Gasteiger partial charge in [0.25, 0.3) is 5.91 Å². The van der Waals surface area contributed by atoms with Gasteiger partial charge in [-0.3, -0.25) is 4.79 Å². The van der Waals surface area contributed by atoms with Crippen molar-refractivity contribution in [3.05, 3.63) is 34.6 Å². The van der Waals surface area contributed by atoms with Crippen LogP contribution in [0.15, 0.2) is 18.3 Å². The van der Waals surface area contributed by atoms with Crippen molar-refractivity contribution < 1.29 is 14.3 Å². The first-order chi connectivity index (χ1) is 12.1. The molecule has 2 aliphatic heterocycles. The highest BCUT2D eigenvalue weighted by atomic mass is 35.5. The molecule has 3 heterocycles. The number of carbonyl (C=O) groups is 1. The number of nitrogens with one attached hydrogen (secondary N) is 1. The molecule has 2 aliphatic rings. The summed E-state index contributed by atoms with van der Waals surface area (Å²) in [5, 5.41) is 3.07. The van der Waals surface area contributed by atoms with Crippen molar-refractivity contribution in [2.45, 2.75) is 19.8 Å². The molecule has 1 aromatic carbocycles. The number of rotatable bonds is 3. The van der Waals surface area contributed by atoms with Crippen molar-refractivity contribution in [1.29, 1.82) is 0 Å². The van der Waals surface area contributed by atoms with Crippen molar-refractivity contribution in [2.24, 2.45) is 0 Å². The van der Waals surface area contributed by atoms with Gasteiger partial charge < -0.3 is 19.7 Å². The van der Waals surface area contributed by atoms with Crippen LogP contribution in [0.25, 0.3) is 0 Å². The highest BCUT2D eigenvalue weighted by Gasteiger charge is 2.21. The predicted molar refractivity (Wildman–Crippen MR) is 93.7 cm³/mol. The second kappa shape index (κ2) is 6.40. The average molecular weight is 361 g/mol. The summed E-state index contributed by atoms with van der Waals surface area (Å²) in [5.74, 6) is 1.43. The minimum Gasteiger partial charge on any atom is -0.454 e. The molecule has 1 fully saturated rings. The lowest BCUT2D eigenvalue weighted by atomic mass is 10.1. The number of carbonyl (C=O) groups excluding carboxylic acids is 1. The molecule has 0 bridgehead atoms. The van der Waals surface area contributed by atoms with Crippen LogP contribution in [0.5, 0.6) is 11.5 Å². The molecule has 8 heteroatoms. The van der Waals surface area contributed by atoms with E-state index in [0.29, 0.717) is 23.1 Å². The van der Waals surface area contributed by atoms with E-state index in [0.717, 1.165) is 31.5 Å². The van der Waals surface area contributed by atoms with E-state index in [1.807, 2.05) is 13.0 Å². The van der Waals surface area contributed by atoms with Gasteiger partial charge in [0, 0.05) is 24.8 Å². The van der Waals surface area contributed by atoms with Gasteiger partial charge in [-0.25, -0.2) is 9.97 Å². The molecule has 1 saturated heterocycles. The normalized spacial score (nSPS) is 15.5. The fourth-order valence-corrected chi connectivity index (χ4v) is 3.12. The molecule has 2 aromatic rings. The first-order valence-corrected chi connectivity index (χ1v) is 8.49. The van der Waals surface area contributed by atoms with Gasteiger partial charge in [-0.2, -0.15) is 0 Å². The minimum absolute atomic E-state index is 0.163. The van der Waals surface area contributed by atoms with E-state index in [2.05, 4.69) is 20.2 Å². The maximum Gasteiger partial charge on any atom is 0.276 e. The Morgan fingerprint density at radius 1 is 1.24 bits per heavy atom. The first-order valence-electron chi connectivity index (χ1n) is 8.11. The number of fused-ring (bicyclic) bond motifs is 1. The van der Waals surface area contributed by atoms with Gasteiger partial charge in [-0.05, 0) is 31.4 Å². The molecule has 1 N–H and O–H groups in total. The summed E-state index contributed by atoms with van der Waals surface area (Å²) in [6.07, 6.45) is 3.68. The highest BCUT2D eigenvalue weighted by molar-refractivity contribution is 6.34. The third-order valence-electron chi connectivity index (χ3n) is 4.30. The molecular weight excluding hydrogens is 344 g/mol. The Morgan fingerprint density at radius 2 is 1.96 bits per heavy atom. The van der Waals surface area contributed by atoms with Crippen molar-refractivity contribution >= 4 is 29.1 Å². The molecule has 0 atom stereocenters. The van der Waals surface area contributed by atoms with Gasteiger partial charge in [-0.1, -0.05) is 11.6 Å². The van der Waals surface area contributed by atoms with Crippen LogP contribution in [0.2, 0.25) is 5.02 Å². The Hall–Kier alpha value is -2.54. The molecular formula is C17H17ClN4O3. The number of ether oxygens (including phenoxy) is 2. The van der Waals surface area contributed by atoms with Crippen LogP contribution in [0.3, 0.4) is 0 Å². The van der Waals surface area contributed by atoms with Gasteiger partial charge >= 0.3 is 0 Å². The smallest absolute Gasteiger partial charge is 0.276 e. The summed E-state index contributed by atoms with van der Waals surface area (Å²) in [4.78, 5) is 23.3. The maximum absolute atomic E-state index is 12.7. The Labute approximate surface area is 149 Å². The van der Waals surface area contributed by atoms with Crippen LogP contribution in [0, 0.1) is 6.92 Å². The largest absolute Gasteiger partial charge is 0.454 e. The predicted octanol–water partition coefficient (Wildman–Crippen LogP) is 3.02. The molecule has 0 aliphatic carbocycles. The second-order valence-electron chi connectivity index (χ2n) is 6.04. The number of hydrogen-bond donors (Lipinski definition) is 1. The SMILES string of the molecule is Cc1cc2c(cc1NC(=O)c1nc(N3CCCC3)ncc1Cl)OCO2. The third-order valence-corrected chi connectivity index (χ3v) is 4.58. The van der Waals surface area contributed by atoms with Gasteiger partial charge in [-0.15, -0.1) is 0 Å². The highest BCUT2D eigenvalue weighted by Crippen LogP contribution is 2.37. The molecule has 1 amide bonds. The Balaban J connectivity index is 1.60.